The van der Waals surface area contributed by atoms with E-state index in [0.29, 0.717) is 0 Å². The number of allylic oxidation sites excluding steroid dienone is 3. The Morgan fingerprint density at radius 3 is 2.64 bits per heavy atom. The molecule has 0 saturated carbocycles. The number of nitrogens with zero attached hydrogens (tertiary/aromatic N) is 1. The Labute approximate surface area is 68.3 Å². The highest BCUT2D eigenvalue weighted by Crippen LogP contribution is 1.99. The number of hydrogen-bond acceptors (Lipinski definition) is 2. The molecule has 0 atom stereocenters. The molecule has 11 heavy (non-hydrogen) atoms. The molecular formula is C9H15NO. The highest BCUT2D eigenvalue weighted by atomic mass is 16.5. The first-order valence-corrected chi connectivity index (χ1v) is 3.64. The lowest BCUT2D eigenvalue weighted by molar-refractivity contribution is 0.314. The Hall–Kier alpha value is -1.05. The highest BCUT2D eigenvalue weighted by Gasteiger charge is 1.96. The van der Waals surface area contributed by atoms with Crippen molar-refractivity contribution in [3.8, 4) is 0 Å². The summed E-state index contributed by atoms with van der Waals surface area (Å²) in [5.41, 5.74) is 0.912. The molecule has 2 nitrogen and oxygen atoms in total. The molecule has 0 fully saturated rings. The monoisotopic (exact) mass is 153 g/mol. The van der Waals surface area contributed by atoms with Crippen LogP contribution >= 0.6 is 0 Å². The van der Waals surface area contributed by atoms with E-state index in [0.717, 1.165) is 18.0 Å². The zero-order valence-corrected chi connectivity index (χ0v) is 7.42. The molecule has 62 valence electrons. The van der Waals surface area contributed by atoms with Crippen molar-refractivity contribution in [2.45, 2.75) is 13.8 Å². The van der Waals surface area contributed by atoms with Crippen LogP contribution in [-0.2, 0) is 4.74 Å². The van der Waals surface area contributed by atoms with Gasteiger partial charge in [0.2, 0.25) is 0 Å². The second-order valence-corrected chi connectivity index (χ2v) is 2.03. The maximum atomic E-state index is 5.06. The molecule has 0 amide bonds. The fourth-order valence-corrected chi connectivity index (χ4v) is 0.758. The Morgan fingerprint density at radius 2 is 2.27 bits per heavy atom. The number of hydrogen-bond donors (Lipinski definition) is 0. The molecule has 0 aromatic rings. The van der Waals surface area contributed by atoms with Crippen LogP contribution in [0.2, 0.25) is 0 Å². The van der Waals surface area contributed by atoms with Crippen LogP contribution in [0.25, 0.3) is 0 Å². The predicted molar refractivity (Wildman–Crippen MR) is 48.9 cm³/mol. The van der Waals surface area contributed by atoms with Gasteiger partial charge in [0, 0.05) is 6.54 Å². The summed E-state index contributed by atoms with van der Waals surface area (Å²) >= 11 is 0. The minimum atomic E-state index is 0.779. The average Bonchev–Trinajstić information content (AvgIpc) is 2.00. The molecule has 0 N–H and O–H groups in total. The zero-order valence-electron chi connectivity index (χ0n) is 7.42. The lowest BCUT2D eigenvalue weighted by Crippen LogP contribution is -1.99. The number of aliphatic imine (C=N–C) groups is 1. The summed E-state index contributed by atoms with van der Waals surface area (Å²) in [6, 6.07) is 0. The number of ether oxygens (including phenoxy) is 1. The van der Waals surface area contributed by atoms with E-state index < -0.39 is 0 Å². The third-order valence-electron chi connectivity index (χ3n) is 1.24. The Bertz CT molecular complexity index is 180. The van der Waals surface area contributed by atoms with Crippen LogP contribution in [0.4, 0.5) is 0 Å². The summed E-state index contributed by atoms with van der Waals surface area (Å²) in [5, 5.41) is 0. The minimum Gasteiger partial charge on any atom is -0.495 e. The smallest absolute Gasteiger partial charge is 0.139 e. The molecule has 0 saturated heterocycles. The standard InChI is InChI=1S/C9H15NO/c1-5-7-9(11-4)8(3)10-6-2/h5,7H,1,6H2,2-4H3/b9-7+,10-8+. The van der Waals surface area contributed by atoms with Crippen LogP contribution in [0.15, 0.2) is 29.5 Å². The van der Waals surface area contributed by atoms with Crippen molar-refractivity contribution in [3.63, 3.8) is 0 Å². The molecule has 0 spiro atoms. The first-order valence-electron chi connectivity index (χ1n) is 3.64. The van der Waals surface area contributed by atoms with E-state index in [-0.39, 0.29) is 0 Å². The second-order valence-electron chi connectivity index (χ2n) is 2.03. The van der Waals surface area contributed by atoms with Crippen LogP contribution < -0.4 is 0 Å². The normalized spacial score (nSPS) is 13.0. The number of rotatable bonds is 4. The molecular weight excluding hydrogens is 138 g/mol. The molecule has 2 heteroatoms. The van der Waals surface area contributed by atoms with Gasteiger partial charge < -0.3 is 4.74 Å². The summed E-state index contributed by atoms with van der Waals surface area (Å²) in [5.74, 6) is 0.779. The van der Waals surface area contributed by atoms with Crippen molar-refractivity contribution < 1.29 is 4.74 Å². The van der Waals surface area contributed by atoms with E-state index in [2.05, 4.69) is 11.6 Å². The van der Waals surface area contributed by atoms with E-state index in [4.69, 9.17) is 4.74 Å². The van der Waals surface area contributed by atoms with Crippen LogP contribution in [0, 0.1) is 0 Å². The maximum absolute atomic E-state index is 5.06. The van der Waals surface area contributed by atoms with Gasteiger partial charge in [-0.2, -0.15) is 0 Å². The minimum absolute atomic E-state index is 0.779. The van der Waals surface area contributed by atoms with Gasteiger partial charge in [-0.1, -0.05) is 12.7 Å². The third-order valence-corrected chi connectivity index (χ3v) is 1.24. The molecule has 0 bridgehead atoms. The highest BCUT2D eigenvalue weighted by molar-refractivity contribution is 5.96. The maximum Gasteiger partial charge on any atom is 0.139 e. The predicted octanol–water partition coefficient (Wildman–Crippen LogP) is 2.18. The van der Waals surface area contributed by atoms with Gasteiger partial charge in [0.25, 0.3) is 0 Å². The van der Waals surface area contributed by atoms with Gasteiger partial charge in [-0.3, -0.25) is 4.99 Å². The van der Waals surface area contributed by atoms with Crippen LogP contribution in [0.5, 0.6) is 0 Å². The molecule has 0 aromatic carbocycles. The van der Waals surface area contributed by atoms with Gasteiger partial charge in [0.15, 0.2) is 0 Å². The molecule has 0 rings (SSSR count). The van der Waals surface area contributed by atoms with Crippen molar-refractivity contribution in [2.75, 3.05) is 13.7 Å². The quantitative estimate of drug-likeness (QED) is 0.344. The summed E-state index contributed by atoms with van der Waals surface area (Å²) in [7, 11) is 1.63. The van der Waals surface area contributed by atoms with Gasteiger partial charge in [0.1, 0.15) is 5.76 Å². The van der Waals surface area contributed by atoms with E-state index in [1.807, 2.05) is 13.8 Å². The lowest BCUT2D eigenvalue weighted by Gasteiger charge is -2.03. The average molecular weight is 153 g/mol. The van der Waals surface area contributed by atoms with Gasteiger partial charge >= 0.3 is 0 Å². The van der Waals surface area contributed by atoms with Crippen molar-refractivity contribution in [3.05, 3.63) is 24.5 Å². The molecule has 0 aliphatic carbocycles. The largest absolute Gasteiger partial charge is 0.495 e. The van der Waals surface area contributed by atoms with E-state index in [9.17, 15) is 0 Å². The zero-order chi connectivity index (χ0) is 8.69. The summed E-state index contributed by atoms with van der Waals surface area (Å²) < 4.78 is 5.06. The van der Waals surface area contributed by atoms with E-state index >= 15 is 0 Å². The Morgan fingerprint density at radius 1 is 1.64 bits per heavy atom. The van der Waals surface area contributed by atoms with Crippen molar-refractivity contribution in [1.82, 2.24) is 0 Å². The molecule has 0 aliphatic rings. The first-order chi connectivity index (χ1) is 5.26. The SMILES string of the molecule is C=C/C=C(OC)\C(C)=N\CC. The fourth-order valence-electron chi connectivity index (χ4n) is 0.758. The van der Waals surface area contributed by atoms with Gasteiger partial charge in [0.05, 0.1) is 12.8 Å². The van der Waals surface area contributed by atoms with Crippen LogP contribution in [0.3, 0.4) is 0 Å². The van der Waals surface area contributed by atoms with Crippen LogP contribution in [-0.4, -0.2) is 19.4 Å². The molecule has 0 heterocycles. The lowest BCUT2D eigenvalue weighted by atomic mass is 10.3. The molecule has 0 unspecified atom stereocenters. The van der Waals surface area contributed by atoms with E-state index in [1.54, 1.807) is 19.3 Å². The van der Waals surface area contributed by atoms with Gasteiger partial charge in [-0.25, -0.2) is 0 Å². The summed E-state index contributed by atoms with van der Waals surface area (Å²) in [6.07, 6.45) is 3.49. The molecule has 0 aliphatic heterocycles. The Balaban J connectivity index is 4.37. The topological polar surface area (TPSA) is 21.6 Å². The molecule has 0 radical (unpaired) electrons. The summed E-state index contributed by atoms with van der Waals surface area (Å²) in [4.78, 5) is 4.19. The second kappa shape index (κ2) is 5.71. The van der Waals surface area contributed by atoms with Crippen molar-refractivity contribution in [1.29, 1.82) is 0 Å². The van der Waals surface area contributed by atoms with Crippen molar-refractivity contribution >= 4 is 5.71 Å². The number of methoxy groups -OCH3 is 1. The Kier molecular flexibility index (Phi) is 5.17. The summed E-state index contributed by atoms with van der Waals surface area (Å²) in [6.45, 7) is 8.27. The van der Waals surface area contributed by atoms with E-state index in [1.165, 1.54) is 0 Å². The van der Waals surface area contributed by atoms with Crippen LogP contribution in [0.1, 0.15) is 13.8 Å². The third kappa shape index (κ3) is 3.61. The fraction of sp³-hybridized carbons (Fsp3) is 0.444. The molecule has 0 aromatic heterocycles. The van der Waals surface area contributed by atoms with Crippen molar-refractivity contribution in [2.24, 2.45) is 4.99 Å². The first kappa shape index (κ1) is 9.95. The van der Waals surface area contributed by atoms with Gasteiger partial charge in [-0.05, 0) is 19.9 Å². The van der Waals surface area contributed by atoms with Gasteiger partial charge in [-0.15, -0.1) is 0 Å².